The molecule has 2 aliphatic rings. The first-order valence-corrected chi connectivity index (χ1v) is 9.32. The van der Waals surface area contributed by atoms with Gasteiger partial charge in [0.15, 0.2) is 0 Å². The highest BCUT2D eigenvalue weighted by Crippen LogP contribution is 2.35. The van der Waals surface area contributed by atoms with Crippen molar-refractivity contribution in [3.63, 3.8) is 0 Å². The van der Waals surface area contributed by atoms with Gasteiger partial charge in [-0.15, -0.1) is 0 Å². The van der Waals surface area contributed by atoms with E-state index in [0.717, 1.165) is 37.8 Å². The van der Waals surface area contributed by atoms with Crippen molar-refractivity contribution in [1.29, 1.82) is 0 Å². The van der Waals surface area contributed by atoms with Crippen molar-refractivity contribution in [2.24, 2.45) is 17.6 Å². The molecule has 1 aromatic carbocycles. The minimum Gasteiger partial charge on any atom is -0.341 e. The summed E-state index contributed by atoms with van der Waals surface area (Å²) in [6, 6.07) is 9.96. The van der Waals surface area contributed by atoms with Crippen LogP contribution in [0.3, 0.4) is 0 Å². The van der Waals surface area contributed by atoms with Crippen molar-refractivity contribution in [3.05, 3.63) is 35.9 Å². The van der Waals surface area contributed by atoms with Gasteiger partial charge < -0.3 is 10.6 Å². The Bertz CT molecular complexity index is 496. The number of hydrogen-bond donors (Lipinski definition) is 1. The molecular formula is C20H30N2O. The second-order valence-electron chi connectivity index (χ2n) is 7.36. The molecule has 1 saturated carbocycles. The molecule has 3 nitrogen and oxygen atoms in total. The number of rotatable bonds is 5. The molecule has 1 saturated heterocycles. The molecule has 2 N–H and O–H groups in total. The minimum atomic E-state index is -0.347. The Kier molecular flexibility index (Phi) is 5.71. The smallest absolute Gasteiger partial charge is 0.239 e. The van der Waals surface area contributed by atoms with Gasteiger partial charge in [0, 0.05) is 13.1 Å². The van der Waals surface area contributed by atoms with Crippen LogP contribution in [0.25, 0.3) is 0 Å². The van der Waals surface area contributed by atoms with Crippen LogP contribution >= 0.6 is 0 Å². The number of likely N-dealkylation sites (tertiary alicyclic amines) is 1. The lowest BCUT2D eigenvalue weighted by atomic mass is 9.80. The lowest BCUT2D eigenvalue weighted by Gasteiger charge is -2.28. The number of amides is 1. The molecule has 2 atom stereocenters. The summed E-state index contributed by atoms with van der Waals surface area (Å²) >= 11 is 0. The van der Waals surface area contributed by atoms with Crippen molar-refractivity contribution < 1.29 is 4.79 Å². The summed E-state index contributed by atoms with van der Waals surface area (Å²) in [5.41, 5.74) is 7.44. The fourth-order valence-corrected chi connectivity index (χ4v) is 4.30. The summed E-state index contributed by atoms with van der Waals surface area (Å²) < 4.78 is 0. The van der Waals surface area contributed by atoms with Gasteiger partial charge in [-0.2, -0.15) is 0 Å². The van der Waals surface area contributed by atoms with Gasteiger partial charge in [0.2, 0.25) is 5.91 Å². The van der Waals surface area contributed by atoms with E-state index in [4.69, 9.17) is 5.73 Å². The van der Waals surface area contributed by atoms with Crippen LogP contribution in [0.4, 0.5) is 0 Å². The lowest BCUT2D eigenvalue weighted by Crippen LogP contribution is -2.43. The van der Waals surface area contributed by atoms with Gasteiger partial charge in [0.25, 0.3) is 0 Å². The molecule has 3 rings (SSSR count). The van der Waals surface area contributed by atoms with Crippen molar-refractivity contribution in [1.82, 2.24) is 4.90 Å². The van der Waals surface area contributed by atoms with E-state index in [0.29, 0.717) is 0 Å². The Morgan fingerprint density at radius 1 is 1.09 bits per heavy atom. The second-order valence-corrected chi connectivity index (χ2v) is 7.36. The Labute approximate surface area is 140 Å². The van der Waals surface area contributed by atoms with Crippen LogP contribution in [0, 0.1) is 11.8 Å². The van der Waals surface area contributed by atoms with Crippen LogP contribution in [-0.2, 0) is 11.2 Å². The Morgan fingerprint density at radius 3 is 2.57 bits per heavy atom. The van der Waals surface area contributed by atoms with E-state index in [-0.39, 0.29) is 11.9 Å². The highest BCUT2D eigenvalue weighted by Gasteiger charge is 2.33. The molecule has 3 heteroatoms. The number of aryl methyl sites for hydroxylation is 1. The van der Waals surface area contributed by atoms with Crippen molar-refractivity contribution in [3.8, 4) is 0 Å². The number of nitrogens with zero attached hydrogens (tertiary/aromatic N) is 1. The fourth-order valence-electron chi connectivity index (χ4n) is 4.30. The van der Waals surface area contributed by atoms with Crippen LogP contribution in [-0.4, -0.2) is 29.9 Å². The van der Waals surface area contributed by atoms with Gasteiger partial charge in [-0.25, -0.2) is 0 Å². The molecule has 0 aromatic heterocycles. The highest BCUT2D eigenvalue weighted by molar-refractivity contribution is 5.81. The average Bonchev–Trinajstić information content (AvgIpc) is 3.11. The van der Waals surface area contributed by atoms with Gasteiger partial charge >= 0.3 is 0 Å². The first-order chi connectivity index (χ1) is 11.2. The summed E-state index contributed by atoms with van der Waals surface area (Å²) in [6.07, 6.45) is 9.70. The molecule has 1 aliphatic heterocycles. The standard InChI is InChI=1S/C20H30N2O/c21-19(12-11-16-7-3-1-4-8-16)20(23)22-14-13-18(15-22)17-9-5-2-6-10-17/h1,3-4,7-8,17-19H,2,5-6,9-15,21H2/t18-,19?/m0/s1. The predicted octanol–water partition coefficient (Wildman–Crippen LogP) is 3.38. The van der Waals surface area contributed by atoms with Crippen LogP contribution < -0.4 is 5.73 Å². The van der Waals surface area contributed by atoms with Crippen molar-refractivity contribution in [2.75, 3.05) is 13.1 Å². The first-order valence-electron chi connectivity index (χ1n) is 9.32. The maximum Gasteiger partial charge on any atom is 0.239 e. The van der Waals surface area contributed by atoms with E-state index in [9.17, 15) is 4.79 Å². The van der Waals surface area contributed by atoms with Crippen LogP contribution in [0.15, 0.2) is 30.3 Å². The summed E-state index contributed by atoms with van der Waals surface area (Å²) in [5.74, 6) is 1.74. The lowest BCUT2D eigenvalue weighted by molar-refractivity contribution is -0.131. The zero-order valence-corrected chi connectivity index (χ0v) is 14.1. The molecule has 2 fully saturated rings. The van der Waals surface area contributed by atoms with Crippen LogP contribution in [0.2, 0.25) is 0 Å². The van der Waals surface area contributed by atoms with Gasteiger partial charge in [-0.1, -0.05) is 62.4 Å². The van der Waals surface area contributed by atoms with E-state index in [2.05, 4.69) is 12.1 Å². The third kappa shape index (κ3) is 4.35. The Balaban J connectivity index is 1.46. The summed E-state index contributed by atoms with van der Waals surface area (Å²) in [6.45, 7) is 1.86. The zero-order valence-electron chi connectivity index (χ0n) is 14.1. The third-order valence-corrected chi connectivity index (χ3v) is 5.76. The van der Waals surface area contributed by atoms with E-state index in [1.54, 1.807) is 0 Å². The number of benzene rings is 1. The fraction of sp³-hybridized carbons (Fsp3) is 0.650. The third-order valence-electron chi connectivity index (χ3n) is 5.76. The van der Waals surface area contributed by atoms with E-state index >= 15 is 0 Å². The highest BCUT2D eigenvalue weighted by atomic mass is 16.2. The molecular weight excluding hydrogens is 284 g/mol. The van der Waals surface area contributed by atoms with E-state index in [1.165, 1.54) is 44.1 Å². The normalized spacial score (nSPS) is 23.9. The van der Waals surface area contributed by atoms with Crippen molar-refractivity contribution in [2.45, 2.75) is 57.4 Å². The van der Waals surface area contributed by atoms with E-state index in [1.807, 2.05) is 23.1 Å². The Hall–Kier alpha value is -1.35. The SMILES string of the molecule is NC(CCc1ccccc1)C(=O)N1CC[C@H](C2CCCCC2)C1. The minimum absolute atomic E-state index is 0.166. The molecule has 126 valence electrons. The van der Waals surface area contributed by atoms with Gasteiger partial charge in [-0.3, -0.25) is 4.79 Å². The number of carbonyl (C=O) groups is 1. The maximum absolute atomic E-state index is 12.6. The zero-order chi connectivity index (χ0) is 16.1. The molecule has 0 spiro atoms. The summed E-state index contributed by atoms with van der Waals surface area (Å²) in [7, 11) is 0. The average molecular weight is 314 g/mol. The molecule has 1 amide bonds. The molecule has 0 bridgehead atoms. The molecule has 23 heavy (non-hydrogen) atoms. The molecule has 1 aliphatic carbocycles. The number of carbonyl (C=O) groups excluding carboxylic acids is 1. The maximum atomic E-state index is 12.6. The summed E-state index contributed by atoms with van der Waals surface area (Å²) in [4.78, 5) is 14.6. The molecule has 1 heterocycles. The van der Waals surface area contributed by atoms with E-state index < -0.39 is 0 Å². The van der Waals surface area contributed by atoms with Gasteiger partial charge in [0.05, 0.1) is 6.04 Å². The van der Waals surface area contributed by atoms with Crippen LogP contribution in [0.1, 0.15) is 50.5 Å². The first kappa shape index (κ1) is 16.5. The second kappa shape index (κ2) is 7.96. The summed E-state index contributed by atoms with van der Waals surface area (Å²) in [5, 5.41) is 0. The van der Waals surface area contributed by atoms with Crippen LogP contribution in [0.5, 0.6) is 0 Å². The number of hydrogen-bond acceptors (Lipinski definition) is 2. The molecule has 1 aromatic rings. The monoisotopic (exact) mass is 314 g/mol. The van der Waals surface area contributed by atoms with Crippen molar-refractivity contribution >= 4 is 5.91 Å². The molecule has 1 unspecified atom stereocenters. The topological polar surface area (TPSA) is 46.3 Å². The quantitative estimate of drug-likeness (QED) is 0.905. The predicted molar refractivity (Wildman–Crippen MR) is 94.0 cm³/mol. The van der Waals surface area contributed by atoms with Gasteiger partial charge in [0.1, 0.15) is 0 Å². The van der Waals surface area contributed by atoms with Gasteiger partial charge in [-0.05, 0) is 36.7 Å². The molecule has 0 radical (unpaired) electrons. The largest absolute Gasteiger partial charge is 0.341 e. The number of nitrogens with two attached hydrogens (primary N) is 1. The Morgan fingerprint density at radius 2 is 1.83 bits per heavy atom.